The van der Waals surface area contributed by atoms with Gasteiger partial charge in [0.15, 0.2) is 5.78 Å². The van der Waals surface area contributed by atoms with Crippen LogP contribution in [-0.2, 0) is 11.3 Å². The number of rotatable bonds is 6. The molecule has 4 nitrogen and oxygen atoms in total. The van der Waals surface area contributed by atoms with E-state index < -0.39 is 0 Å². The molecular formula is C11H15ClN2O2. The molecule has 88 valence electrons. The molecule has 1 heterocycles. The van der Waals surface area contributed by atoms with Gasteiger partial charge in [-0.2, -0.15) is 5.10 Å². The first-order valence-electron chi connectivity index (χ1n) is 5.46. The number of carbonyl (C=O) groups excluding carboxylic acids is 1. The van der Waals surface area contributed by atoms with Gasteiger partial charge in [-0.3, -0.25) is 9.48 Å². The van der Waals surface area contributed by atoms with Crippen LogP contribution in [0.15, 0.2) is 6.20 Å². The second kappa shape index (κ2) is 4.97. The molecule has 0 aromatic carbocycles. The first-order chi connectivity index (χ1) is 7.72. The number of nitrogens with zero attached hydrogens (tertiary/aromatic N) is 2. The number of hydrogen-bond acceptors (Lipinski definition) is 3. The third-order valence-corrected chi connectivity index (χ3v) is 3.01. The zero-order valence-electron chi connectivity index (χ0n) is 9.28. The van der Waals surface area contributed by atoms with Crippen molar-refractivity contribution in [3.8, 4) is 0 Å². The van der Waals surface area contributed by atoms with Gasteiger partial charge in [0.1, 0.15) is 5.69 Å². The van der Waals surface area contributed by atoms with Crippen LogP contribution < -0.4 is 0 Å². The molecule has 16 heavy (non-hydrogen) atoms. The van der Waals surface area contributed by atoms with E-state index in [0.29, 0.717) is 36.2 Å². The van der Waals surface area contributed by atoms with Crippen LogP contribution in [0.1, 0.15) is 29.8 Å². The van der Waals surface area contributed by atoms with Crippen molar-refractivity contribution in [1.82, 2.24) is 9.78 Å². The van der Waals surface area contributed by atoms with E-state index in [1.54, 1.807) is 11.8 Å². The van der Waals surface area contributed by atoms with Crippen molar-refractivity contribution < 1.29 is 9.53 Å². The van der Waals surface area contributed by atoms with Crippen molar-refractivity contribution in [2.24, 2.45) is 5.92 Å². The fourth-order valence-electron chi connectivity index (χ4n) is 1.67. The lowest BCUT2D eigenvalue weighted by molar-refractivity contribution is 0.0962. The fourth-order valence-corrected chi connectivity index (χ4v) is 1.91. The first-order valence-corrected chi connectivity index (χ1v) is 5.83. The Labute approximate surface area is 99.5 Å². The number of hydrogen-bond donors (Lipinski definition) is 0. The third kappa shape index (κ3) is 2.62. The lowest BCUT2D eigenvalue weighted by Gasteiger charge is -2.06. The number of ether oxygens (including phenoxy) is 1. The minimum absolute atomic E-state index is 0.0982. The molecule has 1 saturated carbocycles. The maximum atomic E-state index is 12.0. The quantitative estimate of drug-likeness (QED) is 0.718. The molecule has 0 N–H and O–H groups in total. The van der Waals surface area contributed by atoms with Gasteiger partial charge < -0.3 is 4.74 Å². The molecule has 1 aliphatic rings. The molecule has 0 radical (unpaired) electrons. The zero-order chi connectivity index (χ0) is 11.5. The van der Waals surface area contributed by atoms with E-state index >= 15 is 0 Å². The van der Waals surface area contributed by atoms with E-state index in [1.807, 2.05) is 0 Å². The van der Waals surface area contributed by atoms with Gasteiger partial charge in [0, 0.05) is 13.5 Å². The number of halogens is 1. The maximum Gasteiger partial charge on any atom is 0.182 e. The highest BCUT2D eigenvalue weighted by Crippen LogP contribution is 2.34. The van der Waals surface area contributed by atoms with Gasteiger partial charge in [-0.1, -0.05) is 11.6 Å². The predicted octanol–water partition coefficient (Wildman–Crippen LogP) is 2.17. The third-order valence-electron chi connectivity index (χ3n) is 2.74. The second-order valence-electron chi connectivity index (χ2n) is 4.13. The molecule has 0 unspecified atom stereocenters. The number of ketones is 1. The lowest BCUT2D eigenvalue weighted by Crippen LogP contribution is -2.14. The van der Waals surface area contributed by atoms with Gasteiger partial charge in [0.25, 0.3) is 0 Å². The number of aromatic nitrogens is 2. The van der Waals surface area contributed by atoms with Crippen LogP contribution >= 0.6 is 11.6 Å². The van der Waals surface area contributed by atoms with Crippen LogP contribution in [0.5, 0.6) is 0 Å². The van der Waals surface area contributed by atoms with Gasteiger partial charge in [0.2, 0.25) is 0 Å². The molecule has 1 aromatic rings. The molecule has 0 saturated heterocycles. The molecule has 1 aliphatic carbocycles. The number of methoxy groups -OCH3 is 1. The lowest BCUT2D eigenvalue weighted by atomic mass is 10.1. The molecule has 2 rings (SSSR count). The Kier molecular flexibility index (Phi) is 3.61. The summed E-state index contributed by atoms with van der Waals surface area (Å²) in [5, 5.41) is 4.53. The average molecular weight is 243 g/mol. The van der Waals surface area contributed by atoms with Crippen LogP contribution in [0.4, 0.5) is 0 Å². The molecule has 0 amide bonds. The van der Waals surface area contributed by atoms with E-state index in [1.165, 1.54) is 6.20 Å². The standard InChI is InChI=1S/C11H15ClN2O2/c1-16-5-4-14-11(9(12)7-13-14)10(15)6-8-2-3-8/h7-8H,2-6H2,1H3. The summed E-state index contributed by atoms with van der Waals surface area (Å²) in [6.07, 6.45) is 4.45. The molecule has 1 fully saturated rings. The molecular weight excluding hydrogens is 228 g/mol. The smallest absolute Gasteiger partial charge is 0.182 e. The normalized spacial score (nSPS) is 15.4. The minimum Gasteiger partial charge on any atom is -0.383 e. The Bertz CT molecular complexity index is 385. The maximum absolute atomic E-state index is 12.0. The minimum atomic E-state index is 0.0982. The van der Waals surface area contributed by atoms with E-state index in [4.69, 9.17) is 16.3 Å². The summed E-state index contributed by atoms with van der Waals surface area (Å²) in [5.74, 6) is 0.662. The SMILES string of the molecule is COCCn1ncc(Cl)c1C(=O)CC1CC1. The highest BCUT2D eigenvalue weighted by molar-refractivity contribution is 6.33. The Hall–Kier alpha value is -0.870. The first kappa shape index (κ1) is 11.6. The largest absolute Gasteiger partial charge is 0.383 e. The highest BCUT2D eigenvalue weighted by atomic mass is 35.5. The van der Waals surface area contributed by atoms with Crippen molar-refractivity contribution in [2.45, 2.75) is 25.8 Å². The van der Waals surface area contributed by atoms with Crippen molar-refractivity contribution in [2.75, 3.05) is 13.7 Å². The fraction of sp³-hybridized carbons (Fsp3) is 0.636. The van der Waals surface area contributed by atoms with Gasteiger partial charge in [0.05, 0.1) is 24.4 Å². The Morgan fingerprint density at radius 1 is 1.69 bits per heavy atom. The molecule has 5 heteroatoms. The zero-order valence-corrected chi connectivity index (χ0v) is 10.0. The number of carbonyl (C=O) groups is 1. The van der Waals surface area contributed by atoms with Crippen molar-refractivity contribution >= 4 is 17.4 Å². The van der Waals surface area contributed by atoms with E-state index in [0.717, 1.165) is 12.8 Å². The molecule has 0 bridgehead atoms. The van der Waals surface area contributed by atoms with Gasteiger partial charge in [-0.15, -0.1) is 0 Å². The summed E-state index contributed by atoms with van der Waals surface area (Å²) in [5.41, 5.74) is 0.533. The monoisotopic (exact) mass is 242 g/mol. The van der Waals surface area contributed by atoms with Gasteiger partial charge in [-0.25, -0.2) is 0 Å². The van der Waals surface area contributed by atoms with Crippen LogP contribution in [-0.4, -0.2) is 29.3 Å². The van der Waals surface area contributed by atoms with Crippen LogP contribution in [0.2, 0.25) is 5.02 Å². The summed E-state index contributed by atoms with van der Waals surface area (Å²) in [6, 6.07) is 0. The van der Waals surface area contributed by atoms with Crippen molar-refractivity contribution in [3.05, 3.63) is 16.9 Å². The van der Waals surface area contributed by atoms with Crippen LogP contribution in [0, 0.1) is 5.92 Å². The van der Waals surface area contributed by atoms with E-state index in [2.05, 4.69) is 5.10 Å². The summed E-state index contributed by atoms with van der Waals surface area (Å²) >= 11 is 5.98. The molecule has 0 spiro atoms. The molecule has 0 atom stereocenters. The summed E-state index contributed by atoms with van der Waals surface area (Å²) in [6.45, 7) is 1.09. The highest BCUT2D eigenvalue weighted by Gasteiger charge is 2.27. The van der Waals surface area contributed by atoms with Crippen molar-refractivity contribution in [3.63, 3.8) is 0 Å². The molecule has 0 aliphatic heterocycles. The Morgan fingerprint density at radius 2 is 2.44 bits per heavy atom. The Morgan fingerprint density at radius 3 is 3.06 bits per heavy atom. The summed E-state index contributed by atoms with van der Waals surface area (Å²) in [7, 11) is 1.62. The Balaban J connectivity index is 2.09. The second-order valence-corrected chi connectivity index (χ2v) is 4.53. The van der Waals surface area contributed by atoms with Crippen molar-refractivity contribution in [1.29, 1.82) is 0 Å². The molecule has 1 aromatic heterocycles. The number of Topliss-reactive ketones (excluding diaryl/α,β-unsaturated/α-hetero) is 1. The van der Waals surface area contributed by atoms with Crippen LogP contribution in [0.3, 0.4) is 0 Å². The van der Waals surface area contributed by atoms with E-state index in [9.17, 15) is 4.79 Å². The summed E-state index contributed by atoms with van der Waals surface area (Å²) < 4.78 is 6.60. The summed E-state index contributed by atoms with van der Waals surface area (Å²) in [4.78, 5) is 12.0. The van der Waals surface area contributed by atoms with E-state index in [-0.39, 0.29) is 5.78 Å². The average Bonchev–Trinajstić information content (AvgIpc) is 2.98. The van der Waals surface area contributed by atoms with Crippen LogP contribution in [0.25, 0.3) is 0 Å². The topological polar surface area (TPSA) is 44.1 Å². The van der Waals surface area contributed by atoms with Gasteiger partial charge >= 0.3 is 0 Å². The predicted molar refractivity (Wildman–Crippen MR) is 60.8 cm³/mol. The van der Waals surface area contributed by atoms with Gasteiger partial charge in [-0.05, 0) is 18.8 Å².